The average Bonchev–Trinajstić information content (AvgIpc) is 3.64. The molecule has 182 valence electrons. The molecular weight excluding hydrogens is 434 g/mol. The van der Waals surface area contributed by atoms with Gasteiger partial charge in [0.25, 0.3) is 5.91 Å². The highest BCUT2D eigenvalue weighted by molar-refractivity contribution is 5.93. The molecule has 10 nitrogen and oxygen atoms in total. The van der Waals surface area contributed by atoms with Crippen LogP contribution in [0.4, 0.5) is 5.82 Å². The van der Waals surface area contributed by atoms with E-state index in [2.05, 4.69) is 38.0 Å². The number of rotatable bonds is 11. The number of carbonyl (C=O) groups is 1. The lowest BCUT2D eigenvalue weighted by Crippen LogP contribution is -2.36. The molecule has 1 amide bonds. The summed E-state index contributed by atoms with van der Waals surface area (Å²) in [5, 5.41) is 11.8. The predicted molar refractivity (Wildman–Crippen MR) is 129 cm³/mol. The number of nitrogens with two attached hydrogens (primary N) is 1. The van der Waals surface area contributed by atoms with E-state index in [1.54, 1.807) is 12.1 Å². The van der Waals surface area contributed by atoms with Crippen LogP contribution in [0.5, 0.6) is 6.01 Å². The van der Waals surface area contributed by atoms with Crippen molar-refractivity contribution in [1.82, 2.24) is 15.3 Å². The van der Waals surface area contributed by atoms with Crippen molar-refractivity contribution < 1.29 is 14.3 Å². The fourth-order valence-corrected chi connectivity index (χ4v) is 3.75. The number of aromatic nitrogens is 2. The van der Waals surface area contributed by atoms with Crippen LogP contribution in [0, 0.1) is 29.1 Å². The zero-order valence-corrected chi connectivity index (χ0v) is 19.9. The number of amides is 1. The van der Waals surface area contributed by atoms with Crippen molar-refractivity contribution in [2.75, 3.05) is 37.7 Å². The molecule has 1 aromatic heterocycles. The van der Waals surface area contributed by atoms with Gasteiger partial charge in [-0.05, 0) is 51.8 Å². The van der Waals surface area contributed by atoms with E-state index in [1.807, 2.05) is 19.9 Å². The number of hydrogen-bond donors (Lipinski definition) is 2. The Morgan fingerprint density at radius 3 is 2.79 bits per heavy atom. The van der Waals surface area contributed by atoms with Crippen molar-refractivity contribution >= 4 is 18.4 Å². The first-order valence-electron chi connectivity index (χ1n) is 11.7. The summed E-state index contributed by atoms with van der Waals surface area (Å²) in [6, 6.07) is 4.12. The first-order chi connectivity index (χ1) is 16.5. The molecule has 0 radical (unpaired) electrons. The molecular formula is C24H33N7O3. The molecule has 0 spiro atoms. The standard InChI is InChI=1S/C24H33N7O3/c1-4-6-20(22(26)27-3)33-14-16-7-9-31(10-8-16)21-12-19(23(32)28-5-2)29-24(30-21)34-15-18-11-17(18)13-25/h4,6,12,16-18H,3,5,7-11,14-15,26H2,1-2H3,(H,28,32)/b6-4-,22-20+/t17-,18+/m1/s1. The summed E-state index contributed by atoms with van der Waals surface area (Å²) >= 11 is 0. The highest BCUT2D eigenvalue weighted by atomic mass is 16.5. The van der Waals surface area contributed by atoms with Crippen LogP contribution in [0.25, 0.3) is 0 Å². The number of nitrogens with zero attached hydrogens (tertiary/aromatic N) is 5. The van der Waals surface area contributed by atoms with Crippen molar-refractivity contribution in [3.05, 3.63) is 35.5 Å². The van der Waals surface area contributed by atoms with Crippen molar-refractivity contribution in [3.8, 4) is 12.1 Å². The molecule has 3 rings (SSSR count). The monoisotopic (exact) mass is 467 g/mol. The number of carbonyl (C=O) groups excluding carboxylic acids is 1. The van der Waals surface area contributed by atoms with Gasteiger partial charge in [-0.1, -0.05) is 6.08 Å². The van der Waals surface area contributed by atoms with E-state index in [4.69, 9.17) is 20.5 Å². The average molecular weight is 468 g/mol. The van der Waals surface area contributed by atoms with E-state index >= 15 is 0 Å². The zero-order valence-electron chi connectivity index (χ0n) is 19.9. The van der Waals surface area contributed by atoms with Crippen LogP contribution in [-0.4, -0.2) is 55.4 Å². The Labute approximate surface area is 200 Å². The summed E-state index contributed by atoms with van der Waals surface area (Å²) in [6.45, 7) is 10.1. The number of piperidine rings is 1. The largest absolute Gasteiger partial charge is 0.489 e. The molecule has 1 saturated heterocycles. The van der Waals surface area contributed by atoms with Gasteiger partial charge in [0.1, 0.15) is 11.5 Å². The second-order valence-corrected chi connectivity index (χ2v) is 8.44. The Hall–Kier alpha value is -3.61. The third kappa shape index (κ3) is 6.70. The number of ether oxygens (including phenoxy) is 2. The summed E-state index contributed by atoms with van der Waals surface area (Å²) in [6.07, 6.45) is 6.25. The molecule has 0 unspecified atom stereocenters. The van der Waals surface area contributed by atoms with Crippen LogP contribution in [-0.2, 0) is 4.74 Å². The molecule has 1 saturated carbocycles. The zero-order chi connectivity index (χ0) is 24.5. The molecule has 10 heteroatoms. The number of hydrogen-bond acceptors (Lipinski definition) is 9. The highest BCUT2D eigenvalue weighted by Gasteiger charge is 2.38. The highest BCUT2D eigenvalue weighted by Crippen LogP contribution is 2.37. The fourth-order valence-electron chi connectivity index (χ4n) is 3.75. The van der Waals surface area contributed by atoms with Gasteiger partial charge in [-0.25, -0.2) is 4.99 Å². The fraction of sp³-hybridized carbons (Fsp3) is 0.542. The molecule has 3 N–H and O–H groups in total. The minimum Gasteiger partial charge on any atom is -0.489 e. The van der Waals surface area contributed by atoms with E-state index in [-0.39, 0.29) is 35.3 Å². The van der Waals surface area contributed by atoms with Crippen LogP contribution in [0.3, 0.4) is 0 Å². The van der Waals surface area contributed by atoms with Crippen LogP contribution in [0.1, 0.15) is 43.6 Å². The lowest BCUT2D eigenvalue weighted by molar-refractivity contribution is 0.0949. The molecule has 0 bridgehead atoms. The molecule has 2 atom stereocenters. The first-order valence-corrected chi connectivity index (χ1v) is 11.7. The van der Waals surface area contributed by atoms with Crippen LogP contribution in [0.2, 0.25) is 0 Å². The molecule has 0 aromatic carbocycles. The summed E-state index contributed by atoms with van der Waals surface area (Å²) < 4.78 is 11.7. The number of anilines is 1. The van der Waals surface area contributed by atoms with Crippen LogP contribution >= 0.6 is 0 Å². The molecule has 2 aliphatic rings. The lowest BCUT2D eigenvalue weighted by Gasteiger charge is -2.33. The van der Waals surface area contributed by atoms with Gasteiger partial charge in [-0.15, -0.1) is 0 Å². The van der Waals surface area contributed by atoms with Gasteiger partial charge in [0.05, 0.1) is 25.2 Å². The normalized spacial score (nSPS) is 20.9. The SMILES string of the molecule is C=N/C(N)=C(\C=C/C)OCC1CCN(c2cc(C(=O)NCC)nc(OC[C@@H]3C[C@@H]3C#N)n2)CC1. The van der Waals surface area contributed by atoms with E-state index in [1.165, 1.54) is 0 Å². The van der Waals surface area contributed by atoms with Crippen molar-refractivity contribution in [3.63, 3.8) is 0 Å². The molecule has 34 heavy (non-hydrogen) atoms. The van der Waals surface area contributed by atoms with E-state index in [0.717, 1.165) is 32.4 Å². The number of nitrogens with one attached hydrogen (secondary N) is 1. The maximum absolute atomic E-state index is 12.4. The summed E-state index contributed by atoms with van der Waals surface area (Å²) in [5.41, 5.74) is 6.12. The van der Waals surface area contributed by atoms with E-state index < -0.39 is 0 Å². The molecule has 1 aliphatic carbocycles. The summed E-state index contributed by atoms with van der Waals surface area (Å²) in [7, 11) is 0. The minimum absolute atomic E-state index is 0.0353. The van der Waals surface area contributed by atoms with Crippen molar-refractivity contribution in [2.45, 2.75) is 33.1 Å². The number of nitriles is 1. The maximum Gasteiger partial charge on any atom is 0.319 e. The topological polar surface area (TPSA) is 139 Å². The van der Waals surface area contributed by atoms with Crippen molar-refractivity contribution in [2.24, 2.45) is 28.5 Å². The predicted octanol–water partition coefficient (Wildman–Crippen LogP) is 2.40. The van der Waals surface area contributed by atoms with Gasteiger partial charge in [0, 0.05) is 31.6 Å². The maximum atomic E-state index is 12.4. The van der Waals surface area contributed by atoms with Gasteiger partial charge in [0.2, 0.25) is 0 Å². The van der Waals surface area contributed by atoms with Crippen LogP contribution < -0.4 is 20.7 Å². The molecule has 1 aliphatic heterocycles. The quantitative estimate of drug-likeness (QED) is 0.287. The Morgan fingerprint density at radius 1 is 1.41 bits per heavy atom. The smallest absolute Gasteiger partial charge is 0.319 e. The van der Waals surface area contributed by atoms with Gasteiger partial charge in [-0.2, -0.15) is 15.2 Å². The summed E-state index contributed by atoms with van der Waals surface area (Å²) in [5.74, 6) is 1.78. The lowest BCUT2D eigenvalue weighted by atomic mass is 9.98. The minimum atomic E-state index is -0.266. The second-order valence-electron chi connectivity index (χ2n) is 8.44. The Morgan fingerprint density at radius 2 is 2.18 bits per heavy atom. The number of allylic oxidation sites excluding steroid dienone is 2. The Kier molecular flexibility index (Phi) is 8.85. The third-order valence-electron chi connectivity index (χ3n) is 5.93. The van der Waals surface area contributed by atoms with Gasteiger partial charge in [0.15, 0.2) is 11.6 Å². The van der Waals surface area contributed by atoms with E-state index in [0.29, 0.717) is 37.3 Å². The van der Waals surface area contributed by atoms with Crippen molar-refractivity contribution in [1.29, 1.82) is 5.26 Å². The summed E-state index contributed by atoms with van der Waals surface area (Å²) in [4.78, 5) is 27.2. The number of aliphatic imine (C=N–C) groups is 1. The first kappa shape index (κ1) is 25.0. The second kappa shape index (κ2) is 12.0. The van der Waals surface area contributed by atoms with Gasteiger partial charge >= 0.3 is 6.01 Å². The van der Waals surface area contributed by atoms with Gasteiger partial charge in [-0.3, -0.25) is 4.79 Å². The van der Waals surface area contributed by atoms with E-state index in [9.17, 15) is 4.79 Å². The third-order valence-corrected chi connectivity index (χ3v) is 5.93. The molecule has 2 heterocycles. The molecule has 1 aromatic rings. The Balaban J connectivity index is 1.63. The molecule has 2 fully saturated rings. The van der Waals surface area contributed by atoms with Gasteiger partial charge < -0.3 is 25.4 Å². The van der Waals surface area contributed by atoms with Crippen LogP contribution in [0.15, 0.2) is 34.8 Å². The Bertz CT molecular complexity index is 977.